The number of hydrogen-bond donors (Lipinski definition) is 1. The number of benzene rings is 2. The molecule has 1 aliphatic rings. The van der Waals surface area contributed by atoms with Crippen molar-refractivity contribution < 1.29 is 8.42 Å². The summed E-state index contributed by atoms with van der Waals surface area (Å²) in [5.41, 5.74) is 2.94. The first-order valence-electron chi connectivity index (χ1n) is 7.41. The molecule has 0 atom stereocenters. The van der Waals surface area contributed by atoms with Gasteiger partial charge in [-0.1, -0.05) is 23.7 Å². The Labute approximate surface area is 139 Å². The van der Waals surface area contributed by atoms with Gasteiger partial charge in [-0.25, -0.2) is 12.4 Å². The molecule has 6 heteroatoms. The number of nitrogens with zero attached hydrogens (tertiary/aromatic N) is 1. The van der Waals surface area contributed by atoms with Crippen LogP contribution in [0.15, 0.2) is 53.6 Å². The van der Waals surface area contributed by atoms with E-state index in [0.29, 0.717) is 5.02 Å². The molecule has 1 aromatic heterocycles. The fourth-order valence-corrected chi connectivity index (χ4v) is 4.63. The molecule has 0 saturated heterocycles. The van der Waals surface area contributed by atoms with E-state index >= 15 is 0 Å². The van der Waals surface area contributed by atoms with Crippen molar-refractivity contribution in [3.63, 3.8) is 0 Å². The maximum absolute atomic E-state index is 13.0. The van der Waals surface area contributed by atoms with Gasteiger partial charge < -0.3 is 5.32 Å². The van der Waals surface area contributed by atoms with Gasteiger partial charge in [-0.3, -0.25) is 0 Å². The van der Waals surface area contributed by atoms with Gasteiger partial charge in [0.2, 0.25) is 0 Å². The van der Waals surface area contributed by atoms with Gasteiger partial charge in [-0.05, 0) is 54.4 Å². The molecule has 0 bridgehead atoms. The molecule has 4 nitrogen and oxygen atoms in total. The summed E-state index contributed by atoms with van der Waals surface area (Å²) in [6, 6.07) is 12.1. The molecule has 2 aromatic carbocycles. The zero-order valence-corrected chi connectivity index (χ0v) is 13.9. The second kappa shape index (κ2) is 5.37. The first kappa shape index (κ1) is 14.8. The Kier molecular flexibility index (Phi) is 3.44. The predicted molar refractivity (Wildman–Crippen MR) is 91.4 cm³/mol. The summed E-state index contributed by atoms with van der Waals surface area (Å²) >= 11 is 5.87. The molecule has 1 aliphatic heterocycles. The molecule has 118 valence electrons. The Morgan fingerprint density at radius 1 is 1.04 bits per heavy atom. The minimum atomic E-state index is -3.63. The van der Waals surface area contributed by atoms with Crippen molar-refractivity contribution in [3.8, 4) is 0 Å². The van der Waals surface area contributed by atoms with Crippen LogP contribution in [0.2, 0.25) is 5.02 Å². The fraction of sp³-hybridized carbons (Fsp3) is 0.176. The molecule has 0 radical (unpaired) electrons. The lowest BCUT2D eigenvalue weighted by Gasteiger charge is -2.09. The van der Waals surface area contributed by atoms with Gasteiger partial charge in [0.25, 0.3) is 10.0 Å². The van der Waals surface area contributed by atoms with Crippen LogP contribution in [0, 0.1) is 0 Å². The molecular weight excluding hydrogens is 332 g/mol. The zero-order valence-electron chi connectivity index (χ0n) is 12.3. The van der Waals surface area contributed by atoms with Gasteiger partial charge >= 0.3 is 0 Å². The Hall–Kier alpha value is -1.82. The van der Waals surface area contributed by atoms with Crippen molar-refractivity contribution in [3.05, 3.63) is 64.8 Å². The largest absolute Gasteiger partial charge is 0.312 e. The molecule has 0 spiro atoms. The van der Waals surface area contributed by atoms with E-state index in [0.717, 1.165) is 41.5 Å². The van der Waals surface area contributed by atoms with Crippen LogP contribution in [0.3, 0.4) is 0 Å². The Balaban J connectivity index is 1.98. The summed E-state index contributed by atoms with van der Waals surface area (Å²) in [6.07, 6.45) is 2.57. The lowest BCUT2D eigenvalue weighted by atomic mass is 10.1. The molecule has 0 aliphatic carbocycles. The highest BCUT2D eigenvalue weighted by Crippen LogP contribution is 2.30. The van der Waals surface area contributed by atoms with Crippen LogP contribution >= 0.6 is 11.6 Å². The summed E-state index contributed by atoms with van der Waals surface area (Å²) in [6.45, 7) is 1.60. The second-order valence-electron chi connectivity index (χ2n) is 5.65. The van der Waals surface area contributed by atoms with Crippen LogP contribution in [-0.2, 0) is 23.0 Å². The minimum Gasteiger partial charge on any atom is -0.312 e. The summed E-state index contributed by atoms with van der Waals surface area (Å²) in [7, 11) is -3.63. The van der Waals surface area contributed by atoms with Crippen LogP contribution in [-0.4, -0.2) is 18.9 Å². The topological polar surface area (TPSA) is 51.1 Å². The smallest absolute Gasteiger partial charge is 0.268 e. The third kappa shape index (κ3) is 2.36. The van der Waals surface area contributed by atoms with Gasteiger partial charge in [-0.15, -0.1) is 0 Å². The number of nitrogens with one attached hydrogen (secondary N) is 1. The van der Waals surface area contributed by atoms with E-state index in [9.17, 15) is 8.42 Å². The van der Waals surface area contributed by atoms with Crippen molar-refractivity contribution in [2.45, 2.75) is 17.9 Å². The normalized spacial score (nSPS) is 14.8. The van der Waals surface area contributed by atoms with Crippen molar-refractivity contribution >= 4 is 32.5 Å². The van der Waals surface area contributed by atoms with Gasteiger partial charge in [0, 0.05) is 23.2 Å². The van der Waals surface area contributed by atoms with E-state index in [2.05, 4.69) is 5.32 Å². The molecule has 1 N–H and O–H groups in total. The summed E-state index contributed by atoms with van der Waals surface area (Å²) in [5, 5.41) is 4.93. The van der Waals surface area contributed by atoms with Crippen LogP contribution in [0.25, 0.3) is 10.9 Å². The van der Waals surface area contributed by atoms with E-state index in [1.807, 2.05) is 18.2 Å². The SMILES string of the molecule is O=S(=O)(c1ccc(Cl)cc1)n1cc2c3c(cccc31)CNCC2. The molecule has 0 saturated carbocycles. The zero-order chi connectivity index (χ0) is 16.0. The highest BCUT2D eigenvalue weighted by atomic mass is 35.5. The highest BCUT2D eigenvalue weighted by Gasteiger charge is 2.23. The maximum Gasteiger partial charge on any atom is 0.268 e. The van der Waals surface area contributed by atoms with Gasteiger partial charge in [-0.2, -0.15) is 0 Å². The molecule has 0 fully saturated rings. The first-order valence-corrected chi connectivity index (χ1v) is 9.23. The Morgan fingerprint density at radius 3 is 2.61 bits per heavy atom. The van der Waals surface area contributed by atoms with Gasteiger partial charge in [0.15, 0.2) is 0 Å². The summed E-state index contributed by atoms with van der Waals surface area (Å²) in [5.74, 6) is 0. The summed E-state index contributed by atoms with van der Waals surface area (Å²) < 4.78 is 27.4. The highest BCUT2D eigenvalue weighted by molar-refractivity contribution is 7.90. The van der Waals surface area contributed by atoms with E-state index in [1.54, 1.807) is 30.5 Å². The minimum absolute atomic E-state index is 0.242. The molecule has 4 rings (SSSR count). The number of aromatic nitrogens is 1. The first-order chi connectivity index (χ1) is 11.1. The molecule has 0 amide bonds. The Morgan fingerprint density at radius 2 is 1.83 bits per heavy atom. The molecule has 3 aromatic rings. The van der Waals surface area contributed by atoms with Crippen LogP contribution in [0.1, 0.15) is 11.1 Å². The van der Waals surface area contributed by atoms with Crippen LogP contribution in [0.5, 0.6) is 0 Å². The second-order valence-corrected chi connectivity index (χ2v) is 7.90. The van der Waals surface area contributed by atoms with E-state index in [1.165, 1.54) is 3.97 Å². The fourth-order valence-electron chi connectivity index (χ4n) is 3.12. The van der Waals surface area contributed by atoms with Gasteiger partial charge in [0.1, 0.15) is 0 Å². The van der Waals surface area contributed by atoms with E-state index in [4.69, 9.17) is 11.6 Å². The molecule has 0 unspecified atom stereocenters. The molecule has 23 heavy (non-hydrogen) atoms. The maximum atomic E-state index is 13.0. The Bertz CT molecular complexity index is 991. The van der Waals surface area contributed by atoms with E-state index < -0.39 is 10.0 Å². The van der Waals surface area contributed by atoms with Crippen molar-refractivity contribution in [1.29, 1.82) is 0 Å². The van der Waals surface area contributed by atoms with Crippen molar-refractivity contribution in [2.24, 2.45) is 0 Å². The van der Waals surface area contributed by atoms with Crippen molar-refractivity contribution in [2.75, 3.05) is 6.54 Å². The number of halogens is 1. The third-order valence-electron chi connectivity index (χ3n) is 4.22. The molecule has 2 heterocycles. The monoisotopic (exact) mass is 346 g/mol. The van der Waals surface area contributed by atoms with Crippen LogP contribution in [0.4, 0.5) is 0 Å². The average molecular weight is 347 g/mol. The number of rotatable bonds is 2. The van der Waals surface area contributed by atoms with Crippen molar-refractivity contribution in [1.82, 2.24) is 9.29 Å². The third-order valence-corrected chi connectivity index (χ3v) is 6.16. The molecular formula is C17H15ClN2O2S. The lowest BCUT2D eigenvalue weighted by molar-refractivity contribution is 0.589. The predicted octanol–water partition coefficient (Wildman–Crippen LogP) is 3.18. The van der Waals surface area contributed by atoms with Crippen LogP contribution < -0.4 is 5.32 Å². The summed E-state index contributed by atoms with van der Waals surface area (Å²) in [4.78, 5) is 0.242. The lowest BCUT2D eigenvalue weighted by Crippen LogP contribution is -2.15. The van der Waals surface area contributed by atoms with E-state index in [-0.39, 0.29) is 4.90 Å². The quantitative estimate of drug-likeness (QED) is 0.775. The standard InChI is InChI=1S/C17H15ClN2O2S/c18-14-4-6-15(7-5-14)23(21,22)20-11-13-8-9-19-10-12-2-1-3-16(20)17(12)13/h1-7,11,19H,8-10H2. The van der Waals surface area contributed by atoms with Gasteiger partial charge in [0.05, 0.1) is 10.4 Å². The average Bonchev–Trinajstić information content (AvgIpc) is 2.79. The number of hydrogen-bond acceptors (Lipinski definition) is 3.